The van der Waals surface area contributed by atoms with Crippen LogP contribution in [0.4, 0.5) is 4.79 Å². The summed E-state index contributed by atoms with van der Waals surface area (Å²) in [6, 6.07) is 5.84. The third-order valence-corrected chi connectivity index (χ3v) is 5.24. The quantitative estimate of drug-likeness (QED) is 0.641. The van der Waals surface area contributed by atoms with Crippen LogP contribution in [0.25, 0.3) is 21.1 Å². The fraction of sp³-hybridized carbons (Fsp3) is 0.263. The summed E-state index contributed by atoms with van der Waals surface area (Å²) in [5, 5.41) is 10.9. The molecule has 0 atom stereocenters. The number of amides is 1. The number of thiazole rings is 1. The summed E-state index contributed by atoms with van der Waals surface area (Å²) in [5.41, 5.74) is 3.71. The van der Waals surface area contributed by atoms with Gasteiger partial charge >= 0.3 is 6.09 Å². The highest BCUT2D eigenvalue weighted by atomic mass is 32.1. The number of terminal acetylenes is 1. The summed E-state index contributed by atoms with van der Waals surface area (Å²) in [6.45, 7) is 0.228. The second kappa shape index (κ2) is 7.60. The summed E-state index contributed by atoms with van der Waals surface area (Å²) in [6.07, 6.45) is 10.4. The van der Waals surface area contributed by atoms with Crippen molar-refractivity contribution in [1.82, 2.24) is 25.5 Å². The van der Waals surface area contributed by atoms with Crippen LogP contribution in [0.1, 0.15) is 30.1 Å². The Labute approximate surface area is 160 Å². The lowest BCUT2D eigenvalue weighted by Gasteiger charge is -2.02. The molecule has 0 bridgehead atoms. The van der Waals surface area contributed by atoms with Crippen molar-refractivity contribution in [2.75, 3.05) is 6.61 Å². The molecule has 7 nitrogen and oxygen atoms in total. The van der Waals surface area contributed by atoms with Gasteiger partial charge in [-0.15, -0.1) is 17.8 Å². The Bertz CT molecular complexity index is 985. The molecule has 27 heavy (non-hydrogen) atoms. The number of H-pyrrole nitrogens is 1. The predicted octanol–water partition coefficient (Wildman–Crippen LogP) is 3.33. The third-order valence-electron chi connectivity index (χ3n) is 4.10. The maximum Gasteiger partial charge on any atom is 0.408 e. The first kappa shape index (κ1) is 17.2. The largest absolute Gasteiger partial charge is 0.436 e. The Morgan fingerprint density at radius 2 is 2.37 bits per heavy atom. The molecule has 4 rings (SSSR count). The molecular weight excluding hydrogens is 362 g/mol. The topological polar surface area (TPSA) is 92.8 Å². The number of rotatable bonds is 6. The first-order chi connectivity index (χ1) is 13.2. The Balaban J connectivity index is 1.53. The highest BCUT2D eigenvalue weighted by Gasteiger charge is 2.31. The molecule has 0 aromatic carbocycles. The second-order valence-corrected chi connectivity index (χ2v) is 7.16. The van der Waals surface area contributed by atoms with Crippen molar-refractivity contribution in [3.8, 4) is 33.5 Å². The minimum Gasteiger partial charge on any atom is -0.436 e. The standard InChI is InChI=1S/C19H17N5O2S/c1-2-8-26-19(25)21-11-14-9-15(24-23-14)17-16(12-5-6-12)22-18(27-17)13-4-3-7-20-10-13/h1,3-4,7,9-10,12H,5-6,8,11H2,(H,21,25)(H,23,24). The normalized spacial score (nSPS) is 13.1. The van der Waals surface area contributed by atoms with Gasteiger partial charge in [-0.2, -0.15) is 5.10 Å². The van der Waals surface area contributed by atoms with Crippen LogP contribution >= 0.6 is 11.3 Å². The number of hydrogen-bond acceptors (Lipinski definition) is 6. The van der Waals surface area contributed by atoms with Crippen LogP contribution in [0, 0.1) is 12.3 Å². The maximum atomic E-state index is 11.5. The molecule has 1 amide bonds. The van der Waals surface area contributed by atoms with Crippen LogP contribution in [0.15, 0.2) is 30.6 Å². The van der Waals surface area contributed by atoms with Crippen LogP contribution in [0.3, 0.4) is 0 Å². The molecule has 3 aromatic rings. The summed E-state index contributed by atoms with van der Waals surface area (Å²) in [7, 11) is 0. The Kier molecular flexibility index (Phi) is 4.85. The Morgan fingerprint density at radius 1 is 1.48 bits per heavy atom. The average molecular weight is 379 g/mol. The van der Waals surface area contributed by atoms with Gasteiger partial charge in [0.05, 0.1) is 22.8 Å². The van der Waals surface area contributed by atoms with Gasteiger partial charge in [0.25, 0.3) is 0 Å². The van der Waals surface area contributed by atoms with Gasteiger partial charge in [-0.1, -0.05) is 5.92 Å². The van der Waals surface area contributed by atoms with Crippen molar-refractivity contribution < 1.29 is 9.53 Å². The van der Waals surface area contributed by atoms with E-state index in [1.807, 2.05) is 24.4 Å². The lowest BCUT2D eigenvalue weighted by molar-refractivity contribution is 0.159. The van der Waals surface area contributed by atoms with E-state index in [4.69, 9.17) is 16.1 Å². The average Bonchev–Trinajstić information content (AvgIpc) is 3.27. The van der Waals surface area contributed by atoms with Crippen LogP contribution < -0.4 is 5.32 Å². The number of hydrogen-bond donors (Lipinski definition) is 2. The Morgan fingerprint density at radius 3 is 3.11 bits per heavy atom. The molecule has 1 aliphatic carbocycles. The fourth-order valence-corrected chi connectivity index (χ4v) is 3.76. The number of nitrogens with one attached hydrogen (secondary N) is 2. The molecule has 136 valence electrons. The van der Waals surface area contributed by atoms with Crippen molar-refractivity contribution in [1.29, 1.82) is 0 Å². The molecule has 2 N–H and O–H groups in total. The van der Waals surface area contributed by atoms with Gasteiger partial charge in [-0.3, -0.25) is 10.1 Å². The van der Waals surface area contributed by atoms with Crippen molar-refractivity contribution in [2.45, 2.75) is 25.3 Å². The first-order valence-corrected chi connectivity index (χ1v) is 9.36. The van der Waals surface area contributed by atoms with Gasteiger partial charge in [0.15, 0.2) is 6.61 Å². The number of aromatic nitrogens is 4. The number of alkyl carbamates (subject to hydrolysis) is 1. The molecule has 1 aliphatic rings. The molecule has 3 aromatic heterocycles. The molecule has 8 heteroatoms. The molecular formula is C19H17N5O2S. The van der Waals surface area contributed by atoms with Crippen LogP contribution in [-0.4, -0.2) is 32.9 Å². The van der Waals surface area contributed by atoms with Crippen LogP contribution in [0.5, 0.6) is 0 Å². The lowest BCUT2D eigenvalue weighted by atomic mass is 10.2. The van der Waals surface area contributed by atoms with E-state index in [2.05, 4.69) is 26.4 Å². The van der Waals surface area contributed by atoms with Crippen LogP contribution in [0.2, 0.25) is 0 Å². The minimum absolute atomic E-state index is 0.0528. The fourth-order valence-electron chi connectivity index (χ4n) is 2.66. The lowest BCUT2D eigenvalue weighted by Crippen LogP contribution is -2.24. The van der Waals surface area contributed by atoms with Gasteiger partial charge in [0, 0.05) is 23.9 Å². The number of ether oxygens (including phenoxy) is 1. The molecule has 0 spiro atoms. The van der Waals surface area contributed by atoms with Crippen molar-refractivity contribution in [2.24, 2.45) is 0 Å². The summed E-state index contributed by atoms with van der Waals surface area (Å²) >= 11 is 1.62. The molecule has 0 unspecified atom stereocenters. The molecule has 0 aliphatic heterocycles. The van der Waals surface area contributed by atoms with E-state index in [1.54, 1.807) is 17.5 Å². The zero-order valence-electron chi connectivity index (χ0n) is 14.4. The van der Waals surface area contributed by atoms with Crippen LogP contribution in [-0.2, 0) is 11.3 Å². The number of carbonyl (C=O) groups excluding carboxylic acids is 1. The van der Waals surface area contributed by atoms with E-state index < -0.39 is 6.09 Å². The van der Waals surface area contributed by atoms with Gasteiger partial charge < -0.3 is 10.1 Å². The SMILES string of the molecule is C#CCOC(=O)NCc1cc(-c2sc(-c3cccnc3)nc2C2CC2)n[nH]1. The van der Waals surface area contributed by atoms with Gasteiger partial charge in [-0.25, -0.2) is 9.78 Å². The summed E-state index contributed by atoms with van der Waals surface area (Å²) in [4.78, 5) is 21.6. The number of pyridine rings is 1. The van der Waals surface area contributed by atoms with Crippen molar-refractivity contribution in [3.63, 3.8) is 0 Å². The van der Waals surface area contributed by atoms with E-state index in [-0.39, 0.29) is 13.2 Å². The zero-order chi connectivity index (χ0) is 18.6. The first-order valence-electron chi connectivity index (χ1n) is 8.54. The zero-order valence-corrected chi connectivity index (χ0v) is 15.3. The maximum absolute atomic E-state index is 11.5. The summed E-state index contributed by atoms with van der Waals surface area (Å²) in [5.74, 6) is 2.75. The van der Waals surface area contributed by atoms with Gasteiger partial charge in [0.1, 0.15) is 10.7 Å². The molecule has 3 heterocycles. The molecule has 0 radical (unpaired) electrons. The smallest absolute Gasteiger partial charge is 0.408 e. The van der Waals surface area contributed by atoms with Gasteiger partial charge in [-0.05, 0) is 31.0 Å². The van der Waals surface area contributed by atoms with Crippen molar-refractivity contribution in [3.05, 3.63) is 42.0 Å². The second-order valence-electron chi connectivity index (χ2n) is 6.16. The predicted molar refractivity (Wildman–Crippen MR) is 102 cm³/mol. The van der Waals surface area contributed by atoms with E-state index in [0.29, 0.717) is 5.92 Å². The molecule has 1 fully saturated rings. The third kappa shape index (κ3) is 3.99. The van der Waals surface area contributed by atoms with Crippen molar-refractivity contribution >= 4 is 17.4 Å². The van der Waals surface area contributed by atoms with E-state index in [0.717, 1.165) is 45.4 Å². The highest BCUT2D eigenvalue weighted by Crippen LogP contribution is 2.47. The highest BCUT2D eigenvalue weighted by molar-refractivity contribution is 7.18. The number of carbonyl (C=O) groups is 1. The molecule has 1 saturated carbocycles. The van der Waals surface area contributed by atoms with E-state index in [9.17, 15) is 4.79 Å². The molecule has 0 saturated heterocycles. The number of nitrogens with zero attached hydrogens (tertiary/aromatic N) is 3. The minimum atomic E-state index is -0.556. The Hall–Kier alpha value is -3.18. The number of aromatic amines is 1. The monoisotopic (exact) mass is 379 g/mol. The van der Waals surface area contributed by atoms with Gasteiger partial charge in [0.2, 0.25) is 0 Å². The van der Waals surface area contributed by atoms with E-state index in [1.165, 1.54) is 0 Å². The van der Waals surface area contributed by atoms with E-state index >= 15 is 0 Å². The summed E-state index contributed by atoms with van der Waals surface area (Å²) < 4.78 is 4.78.